The summed E-state index contributed by atoms with van der Waals surface area (Å²) in [7, 11) is 1.53. The first-order valence-corrected chi connectivity index (χ1v) is 8.82. The Morgan fingerprint density at radius 2 is 1.82 bits per heavy atom. The maximum absolute atomic E-state index is 12.7. The fraction of sp³-hybridized carbons (Fsp3) is 0.200. The van der Waals surface area contributed by atoms with E-state index >= 15 is 0 Å². The SMILES string of the molecule is CCN(CC(=O)Nc1ccccc1OC)C(=O)c1cnn(-c2ccccc2)n1. The minimum Gasteiger partial charge on any atom is -0.495 e. The minimum atomic E-state index is -0.361. The molecular weight excluding hydrogens is 358 g/mol. The van der Waals surface area contributed by atoms with Crippen LogP contribution in [-0.4, -0.2) is 51.9 Å². The molecule has 3 rings (SSSR count). The zero-order valence-electron chi connectivity index (χ0n) is 15.7. The predicted molar refractivity (Wildman–Crippen MR) is 105 cm³/mol. The Morgan fingerprint density at radius 3 is 2.54 bits per heavy atom. The van der Waals surface area contributed by atoms with Gasteiger partial charge in [0.15, 0.2) is 5.69 Å². The topological polar surface area (TPSA) is 89.4 Å². The molecule has 28 heavy (non-hydrogen) atoms. The standard InChI is InChI=1S/C20H21N5O3/c1-3-24(14-19(26)22-16-11-7-8-12-18(16)28-2)20(27)17-13-21-25(23-17)15-9-5-4-6-10-15/h4-13H,3,14H2,1-2H3,(H,22,26). The van der Waals surface area contributed by atoms with Gasteiger partial charge in [-0.15, -0.1) is 5.10 Å². The van der Waals surface area contributed by atoms with Crippen molar-refractivity contribution >= 4 is 17.5 Å². The van der Waals surface area contributed by atoms with Crippen molar-refractivity contribution in [1.82, 2.24) is 19.9 Å². The van der Waals surface area contributed by atoms with Gasteiger partial charge in [-0.1, -0.05) is 30.3 Å². The summed E-state index contributed by atoms with van der Waals surface area (Å²) in [5, 5.41) is 11.1. The fourth-order valence-electron chi connectivity index (χ4n) is 2.65. The summed E-state index contributed by atoms with van der Waals surface area (Å²) in [6.07, 6.45) is 1.40. The Morgan fingerprint density at radius 1 is 1.11 bits per heavy atom. The molecule has 0 saturated carbocycles. The molecule has 0 unspecified atom stereocenters. The third kappa shape index (κ3) is 4.35. The molecule has 8 heteroatoms. The van der Waals surface area contributed by atoms with Crippen LogP contribution in [-0.2, 0) is 4.79 Å². The van der Waals surface area contributed by atoms with Crippen LogP contribution in [0.15, 0.2) is 60.8 Å². The van der Waals surface area contributed by atoms with Gasteiger partial charge in [0.25, 0.3) is 5.91 Å². The zero-order valence-corrected chi connectivity index (χ0v) is 15.7. The number of amides is 2. The number of rotatable bonds is 7. The van der Waals surface area contributed by atoms with Crippen molar-refractivity contribution in [3.63, 3.8) is 0 Å². The van der Waals surface area contributed by atoms with Crippen LogP contribution in [0.2, 0.25) is 0 Å². The van der Waals surface area contributed by atoms with Crippen molar-refractivity contribution in [2.75, 3.05) is 25.5 Å². The van der Waals surface area contributed by atoms with Gasteiger partial charge in [0.2, 0.25) is 5.91 Å². The lowest BCUT2D eigenvalue weighted by Crippen LogP contribution is -2.38. The molecule has 2 aromatic carbocycles. The molecule has 1 aromatic heterocycles. The van der Waals surface area contributed by atoms with Gasteiger partial charge in [0, 0.05) is 6.54 Å². The van der Waals surface area contributed by atoms with E-state index in [4.69, 9.17) is 4.74 Å². The first-order valence-electron chi connectivity index (χ1n) is 8.82. The number of aromatic nitrogens is 3. The lowest BCUT2D eigenvalue weighted by Gasteiger charge is -2.19. The van der Waals surface area contributed by atoms with E-state index in [2.05, 4.69) is 15.5 Å². The monoisotopic (exact) mass is 379 g/mol. The molecule has 0 fully saturated rings. The van der Waals surface area contributed by atoms with Crippen LogP contribution in [0.4, 0.5) is 5.69 Å². The van der Waals surface area contributed by atoms with Crippen molar-refractivity contribution in [2.24, 2.45) is 0 Å². The van der Waals surface area contributed by atoms with Crippen LogP contribution in [0.1, 0.15) is 17.4 Å². The zero-order chi connectivity index (χ0) is 19.9. The number of carbonyl (C=O) groups excluding carboxylic acids is 2. The fourth-order valence-corrected chi connectivity index (χ4v) is 2.65. The Bertz CT molecular complexity index is 955. The molecule has 0 aliphatic carbocycles. The van der Waals surface area contributed by atoms with Gasteiger partial charge in [0.1, 0.15) is 12.3 Å². The summed E-state index contributed by atoms with van der Waals surface area (Å²) in [5.41, 5.74) is 1.47. The van der Waals surface area contributed by atoms with Crippen LogP contribution in [0.3, 0.4) is 0 Å². The highest BCUT2D eigenvalue weighted by atomic mass is 16.5. The number of ether oxygens (including phenoxy) is 1. The maximum atomic E-state index is 12.7. The van der Waals surface area contributed by atoms with Crippen molar-refractivity contribution in [3.8, 4) is 11.4 Å². The van der Waals surface area contributed by atoms with Crippen LogP contribution >= 0.6 is 0 Å². The van der Waals surface area contributed by atoms with Crippen molar-refractivity contribution in [1.29, 1.82) is 0 Å². The minimum absolute atomic E-state index is 0.106. The van der Waals surface area contributed by atoms with E-state index in [0.29, 0.717) is 18.0 Å². The molecule has 8 nitrogen and oxygen atoms in total. The van der Waals surface area contributed by atoms with Gasteiger partial charge in [-0.25, -0.2) is 0 Å². The maximum Gasteiger partial charge on any atom is 0.276 e. The molecule has 0 aliphatic heterocycles. The van der Waals surface area contributed by atoms with Crippen LogP contribution in [0.5, 0.6) is 5.75 Å². The first kappa shape index (κ1) is 19.1. The first-order chi connectivity index (χ1) is 13.6. The van der Waals surface area contributed by atoms with E-state index in [9.17, 15) is 9.59 Å². The number of hydrogen-bond acceptors (Lipinski definition) is 5. The summed E-state index contributed by atoms with van der Waals surface area (Å²) >= 11 is 0. The van der Waals surface area contributed by atoms with Crippen LogP contribution in [0.25, 0.3) is 5.69 Å². The number of anilines is 1. The number of para-hydroxylation sites is 3. The third-order valence-corrected chi connectivity index (χ3v) is 4.08. The molecule has 2 amide bonds. The smallest absolute Gasteiger partial charge is 0.276 e. The van der Waals surface area contributed by atoms with Crippen molar-refractivity contribution in [2.45, 2.75) is 6.92 Å². The Hall–Kier alpha value is -3.68. The van der Waals surface area contributed by atoms with Crippen molar-refractivity contribution in [3.05, 3.63) is 66.5 Å². The molecule has 0 saturated heterocycles. The molecule has 0 spiro atoms. The molecule has 0 bridgehead atoms. The molecular formula is C20H21N5O3. The van der Waals surface area contributed by atoms with Gasteiger partial charge in [-0.05, 0) is 31.2 Å². The summed E-state index contributed by atoms with van der Waals surface area (Å²) in [4.78, 5) is 27.9. The summed E-state index contributed by atoms with van der Waals surface area (Å²) in [5.74, 6) is -0.133. The summed E-state index contributed by atoms with van der Waals surface area (Å²) in [6.45, 7) is 2.05. The highest BCUT2D eigenvalue weighted by molar-refractivity contribution is 5.98. The van der Waals surface area contributed by atoms with Crippen LogP contribution < -0.4 is 10.1 Å². The van der Waals surface area contributed by atoms with Gasteiger partial charge in [-0.3, -0.25) is 9.59 Å². The molecule has 1 N–H and O–H groups in total. The Kier molecular flexibility index (Phi) is 6.01. The Balaban J connectivity index is 1.68. The van der Waals surface area contributed by atoms with Gasteiger partial charge >= 0.3 is 0 Å². The number of hydrogen-bond donors (Lipinski definition) is 1. The van der Waals surface area contributed by atoms with E-state index in [-0.39, 0.29) is 24.1 Å². The van der Waals surface area contributed by atoms with E-state index in [1.165, 1.54) is 23.0 Å². The molecule has 0 radical (unpaired) electrons. The highest BCUT2D eigenvalue weighted by Gasteiger charge is 2.21. The lowest BCUT2D eigenvalue weighted by molar-refractivity contribution is -0.116. The Labute approximate surface area is 162 Å². The molecule has 144 valence electrons. The number of likely N-dealkylation sites (N-methyl/N-ethyl adjacent to an activating group) is 1. The second-order valence-corrected chi connectivity index (χ2v) is 5.92. The van der Waals surface area contributed by atoms with Gasteiger partial charge < -0.3 is 15.0 Å². The van der Waals surface area contributed by atoms with Crippen LogP contribution in [0, 0.1) is 0 Å². The summed E-state index contributed by atoms with van der Waals surface area (Å²) < 4.78 is 5.22. The normalized spacial score (nSPS) is 10.4. The average molecular weight is 379 g/mol. The van der Waals surface area contributed by atoms with E-state index < -0.39 is 0 Å². The quantitative estimate of drug-likeness (QED) is 0.681. The lowest BCUT2D eigenvalue weighted by atomic mass is 10.3. The highest BCUT2D eigenvalue weighted by Crippen LogP contribution is 2.22. The van der Waals surface area contributed by atoms with E-state index in [1.807, 2.05) is 36.4 Å². The second-order valence-electron chi connectivity index (χ2n) is 5.92. The van der Waals surface area contributed by atoms with E-state index in [0.717, 1.165) is 5.69 Å². The largest absolute Gasteiger partial charge is 0.495 e. The number of nitrogens with zero attached hydrogens (tertiary/aromatic N) is 4. The van der Waals surface area contributed by atoms with Gasteiger partial charge in [0.05, 0.1) is 24.7 Å². The van der Waals surface area contributed by atoms with Gasteiger partial charge in [-0.2, -0.15) is 9.90 Å². The molecule has 1 heterocycles. The molecule has 3 aromatic rings. The number of methoxy groups -OCH3 is 1. The molecule has 0 atom stereocenters. The van der Waals surface area contributed by atoms with E-state index in [1.54, 1.807) is 25.1 Å². The van der Waals surface area contributed by atoms with Crippen molar-refractivity contribution < 1.29 is 14.3 Å². The predicted octanol–water partition coefficient (Wildman–Crippen LogP) is 2.38. The number of benzene rings is 2. The third-order valence-electron chi connectivity index (χ3n) is 4.08. The molecule has 0 aliphatic rings. The second kappa shape index (κ2) is 8.81. The summed E-state index contributed by atoms with van der Waals surface area (Å²) in [6, 6.07) is 16.4. The number of carbonyl (C=O) groups is 2. The average Bonchev–Trinajstić information content (AvgIpc) is 3.23. The number of nitrogens with one attached hydrogen (secondary N) is 1.